The summed E-state index contributed by atoms with van der Waals surface area (Å²) < 4.78 is 16.5. The zero-order chi connectivity index (χ0) is 22.8. The second kappa shape index (κ2) is 9.12. The number of nitrogens with zero attached hydrogens (tertiary/aromatic N) is 1. The van der Waals surface area contributed by atoms with Crippen LogP contribution in [0.4, 0.5) is 0 Å². The van der Waals surface area contributed by atoms with Crippen LogP contribution in [0.3, 0.4) is 0 Å². The number of ether oxygens (including phenoxy) is 3. The zero-order valence-corrected chi connectivity index (χ0v) is 18.6. The van der Waals surface area contributed by atoms with Crippen LogP contribution in [0, 0.1) is 0 Å². The molecule has 0 saturated carbocycles. The summed E-state index contributed by atoms with van der Waals surface area (Å²) >= 11 is 6.11. The topological polar surface area (TPSA) is 85.3 Å². The number of likely N-dealkylation sites (tertiary alicyclic amines) is 1. The number of aliphatic hydroxyl groups excluding tert-OH is 1. The van der Waals surface area contributed by atoms with Gasteiger partial charge < -0.3 is 24.2 Å². The molecule has 168 valence electrons. The van der Waals surface area contributed by atoms with Crippen molar-refractivity contribution in [1.29, 1.82) is 0 Å². The number of unbranched alkanes of at least 4 members (excludes halogenated alkanes) is 1. The third-order valence-corrected chi connectivity index (χ3v) is 5.91. The highest BCUT2D eigenvalue weighted by Crippen LogP contribution is 2.43. The fraction of sp³-hybridized carbons (Fsp3) is 0.333. The zero-order valence-electron chi connectivity index (χ0n) is 17.9. The minimum absolute atomic E-state index is 0.0205. The van der Waals surface area contributed by atoms with Crippen LogP contribution in [-0.4, -0.2) is 48.6 Å². The molecule has 0 radical (unpaired) electrons. The van der Waals surface area contributed by atoms with Gasteiger partial charge in [-0.2, -0.15) is 0 Å². The summed E-state index contributed by atoms with van der Waals surface area (Å²) in [5.41, 5.74) is 1.02. The summed E-state index contributed by atoms with van der Waals surface area (Å²) in [6.07, 6.45) is 1.58. The summed E-state index contributed by atoms with van der Waals surface area (Å²) in [5.74, 6) is -0.145. The maximum atomic E-state index is 13.1. The van der Waals surface area contributed by atoms with Crippen molar-refractivity contribution in [3.05, 3.63) is 58.1 Å². The van der Waals surface area contributed by atoms with Gasteiger partial charge in [-0.05, 0) is 42.3 Å². The predicted octanol–water partition coefficient (Wildman–Crippen LogP) is 4.34. The van der Waals surface area contributed by atoms with Gasteiger partial charge in [-0.3, -0.25) is 9.59 Å². The fourth-order valence-corrected chi connectivity index (χ4v) is 4.17. The van der Waals surface area contributed by atoms with Crippen LogP contribution in [0.15, 0.2) is 42.0 Å². The Bertz CT molecular complexity index is 1100. The lowest BCUT2D eigenvalue weighted by Gasteiger charge is -2.27. The number of fused-ring (bicyclic) bond motifs is 1. The molecule has 8 heteroatoms. The van der Waals surface area contributed by atoms with E-state index in [4.69, 9.17) is 25.8 Å². The molecule has 1 fully saturated rings. The lowest BCUT2D eigenvalue weighted by Crippen LogP contribution is -2.30. The van der Waals surface area contributed by atoms with Crippen molar-refractivity contribution in [1.82, 2.24) is 4.90 Å². The van der Waals surface area contributed by atoms with E-state index in [1.54, 1.807) is 30.3 Å². The van der Waals surface area contributed by atoms with Gasteiger partial charge >= 0.3 is 0 Å². The van der Waals surface area contributed by atoms with Crippen LogP contribution in [0.5, 0.6) is 17.2 Å². The Morgan fingerprint density at radius 2 is 1.91 bits per heavy atom. The largest absolute Gasteiger partial charge is 0.507 e. The summed E-state index contributed by atoms with van der Waals surface area (Å²) in [6, 6.07) is 9.26. The van der Waals surface area contributed by atoms with Gasteiger partial charge in [0, 0.05) is 12.1 Å². The van der Waals surface area contributed by atoms with Crippen LogP contribution in [0.1, 0.15) is 36.9 Å². The van der Waals surface area contributed by atoms with Gasteiger partial charge in [-0.15, -0.1) is 0 Å². The van der Waals surface area contributed by atoms with Gasteiger partial charge in [0.1, 0.15) is 24.7 Å². The molecule has 1 unspecified atom stereocenters. The molecule has 2 heterocycles. The first-order chi connectivity index (χ1) is 15.5. The van der Waals surface area contributed by atoms with Gasteiger partial charge in [-0.1, -0.05) is 31.0 Å². The molecule has 7 nitrogen and oxygen atoms in total. The number of amides is 1. The highest BCUT2D eigenvalue weighted by atomic mass is 35.5. The number of methoxy groups -OCH3 is 1. The van der Waals surface area contributed by atoms with E-state index in [2.05, 4.69) is 0 Å². The second-order valence-electron chi connectivity index (χ2n) is 7.60. The quantitative estimate of drug-likeness (QED) is 0.394. The standard InChI is InChI=1S/C24H24ClNO6/c1-3-4-9-26-21(14-6-8-17-19(12-14)32-11-10-31-17)20(23(28)24(26)29)22(27)15-5-7-16(25)18(13-15)30-2/h5-8,12-13,21,27H,3-4,9-11H2,1-2H3/b22-20-. The Morgan fingerprint density at radius 1 is 1.16 bits per heavy atom. The van der Waals surface area contributed by atoms with Crippen LogP contribution in [0.2, 0.25) is 5.02 Å². The number of rotatable bonds is 6. The van der Waals surface area contributed by atoms with E-state index in [1.807, 2.05) is 6.92 Å². The molecule has 2 aromatic rings. The van der Waals surface area contributed by atoms with Crippen LogP contribution < -0.4 is 14.2 Å². The Balaban J connectivity index is 1.86. The van der Waals surface area contributed by atoms with Crippen molar-refractivity contribution in [3.63, 3.8) is 0 Å². The normalized spacial score (nSPS) is 19.3. The van der Waals surface area contributed by atoms with Crippen molar-refractivity contribution < 1.29 is 28.9 Å². The number of hydrogen-bond acceptors (Lipinski definition) is 6. The van der Waals surface area contributed by atoms with E-state index >= 15 is 0 Å². The lowest BCUT2D eigenvalue weighted by atomic mass is 9.94. The lowest BCUT2D eigenvalue weighted by molar-refractivity contribution is -0.139. The van der Waals surface area contributed by atoms with Gasteiger partial charge in [-0.25, -0.2) is 0 Å². The smallest absolute Gasteiger partial charge is 0.295 e. The van der Waals surface area contributed by atoms with E-state index in [-0.39, 0.29) is 11.3 Å². The first kappa shape index (κ1) is 22.0. The molecule has 4 rings (SSSR count). The molecular formula is C24H24ClNO6. The molecule has 1 amide bonds. The number of aliphatic hydroxyl groups is 1. The number of Topliss-reactive ketones (excluding diaryl/α,β-unsaturated/α-hetero) is 1. The molecule has 1 N–H and O–H groups in total. The number of hydrogen-bond donors (Lipinski definition) is 1. The van der Waals surface area contributed by atoms with Gasteiger partial charge in [0.15, 0.2) is 11.5 Å². The van der Waals surface area contributed by atoms with E-state index in [9.17, 15) is 14.7 Å². The van der Waals surface area contributed by atoms with E-state index in [0.29, 0.717) is 53.2 Å². The maximum absolute atomic E-state index is 13.1. The highest BCUT2D eigenvalue weighted by Gasteiger charge is 2.46. The molecule has 1 atom stereocenters. The first-order valence-corrected chi connectivity index (χ1v) is 10.9. The molecule has 0 aromatic heterocycles. The molecule has 32 heavy (non-hydrogen) atoms. The first-order valence-electron chi connectivity index (χ1n) is 10.5. The predicted molar refractivity (Wildman–Crippen MR) is 119 cm³/mol. The number of carbonyl (C=O) groups is 2. The Hall–Kier alpha value is -3.19. The summed E-state index contributed by atoms with van der Waals surface area (Å²) in [4.78, 5) is 27.5. The Morgan fingerprint density at radius 3 is 2.62 bits per heavy atom. The van der Waals surface area contributed by atoms with Crippen LogP contribution in [-0.2, 0) is 9.59 Å². The van der Waals surface area contributed by atoms with Gasteiger partial charge in [0.05, 0.1) is 23.7 Å². The van der Waals surface area contributed by atoms with Crippen molar-refractivity contribution in [2.24, 2.45) is 0 Å². The molecule has 0 spiro atoms. The van der Waals surface area contributed by atoms with Crippen molar-refractivity contribution in [2.45, 2.75) is 25.8 Å². The molecule has 2 aliphatic heterocycles. The van der Waals surface area contributed by atoms with Gasteiger partial charge in [0.25, 0.3) is 11.7 Å². The van der Waals surface area contributed by atoms with Crippen molar-refractivity contribution in [3.8, 4) is 17.2 Å². The summed E-state index contributed by atoms with van der Waals surface area (Å²) in [7, 11) is 1.46. The summed E-state index contributed by atoms with van der Waals surface area (Å²) in [6.45, 7) is 3.27. The molecule has 2 aromatic carbocycles. The minimum Gasteiger partial charge on any atom is -0.507 e. The third kappa shape index (κ3) is 3.88. The summed E-state index contributed by atoms with van der Waals surface area (Å²) in [5, 5.41) is 11.5. The number of benzene rings is 2. The average Bonchev–Trinajstić information content (AvgIpc) is 3.07. The molecule has 2 aliphatic rings. The molecule has 1 saturated heterocycles. The van der Waals surface area contributed by atoms with Crippen LogP contribution in [0.25, 0.3) is 5.76 Å². The fourth-order valence-electron chi connectivity index (χ4n) is 3.98. The third-order valence-electron chi connectivity index (χ3n) is 5.60. The van der Waals surface area contributed by atoms with Gasteiger partial charge in [0.2, 0.25) is 0 Å². The van der Waals surface area contributed by atoms with Crippen LogP contribution >= 0.6 is 11.6 Å². The van der Waals surface area contributed by atoms with E-state index in [1.165, 1.54) is 18.1 Å². The van der Waals surface area contributed by atoms with E-state index in [0.717, 1.165) is 12.8 Å². The maximum Gasteiger partial charge on any atom is 0.295 e. The SMILES string of the molecule is CCCCN1C(=O)C(=O)/C(=C(\O)c2ccc(Cl)c(OC)c2)C1c1ccc2c(c1)OCCO2. The minimum atomic E-state index is -0.751. The number of halogens is 1. The van der Waals surface area contributed by atoms with Crippen molar-refractivity contribution in [2.75, 3.05) is 26.9 Å². The second-order valence-corrected chi connectivity index (χ2v) is 8.01. The highest BCUT2D eigenvalue weighted by molar-refractivity contribution is 6.46. The monoisotopic (exact) mass is 457 g/mol. The number of carbonyl (C=O) groups excluding carboxylic acids is 2. The average molecular weight is 458 g/mol. The van der Waals surface area contributed by atoms with Crippen molar-refractivity contribution >= 4 is 29.1 Å². The number of ketones is 1. The molecule has 0 bridgehead atoms. The Labute approximate surface area is 191 Å². The molecular weight excluding hydrogens is 434 g/mol. The van der Waals surface area contributed by atoms with E-state index < -0.39 is 17.7 Å². The Kier molecular flexibility index (Phi) is 6.28. The molecule has 0 aliphatic carbocycles.